The number of thiazole rings is 1. The van der Waals surface area contributed by atoms with Gasteiger partial charge in [-0.05, 0) is 30.4 Å². The Labute approximate surface area is 145 Å². The zero-order valence-corrected chi connectivity index (χ0v) is 14.9. The first-order valence-electron chi connectivity index (χ1n) is 7.92. The third kappa shape index (κ3) is 3.62. The van der Waals surface area contributed by atoms with Gasteiger partial charge in [0.1, 0.15) is 0 Å². The minimum atomic E-state index is -0.198. The van der Waals surface area contributed by atoms with E-state index in [1.165, 1.54) is 11.3 Å². The van der Waals surface area contributed by atoms with Crippen LogP contribution in [-0.4, -0.2) is 16.7 Å². The zero-order chi connectivity index (χ0) is 17.3. The number of aromatic nitrogens is 1. The molecule has 1 aliphatic carbocycles. The van der Waals surface area contributed by atoms with Crippen molar-refractivity contribution in [1.82, 2.24) is 4.98 Å². The summed E-state index contributed by atoms with van der Waals surface area (Å²) in [4.78, 5) is 29.7. The molecule has 3 rings (SSSR count). The molecular formula is C19H20N2O2S. The number of fused-ring (bicyclic) bond motifs is 1. The maximum Gasteiger partial charge on any atom is 0.253 e. The van der Waals surface area contributed by atoms with Gasteiger partial charge in [-0.3, -0.25) is 14.9 Å². The Kier molecular flexibility index (Phi) is 4.37. The first-order valence-corrected chi connectivity index (χ1v) is 8.73. The monoisotopic (exact) mass is 340 g/mol. The molecule has 0 fully saturated rings. The fourth-order valence-electron chi connectivity index (χ4n) is 2.83. The largest absolute Gasteiger partial charge is 0.298 e. The average molecular weight is 340 g/mol. The van der Waals surface area contributed by atoms with Crippen LogP contribution in [0.1, 0.15) is 48.1 Å². The first kappa shape index (κ1) is 16.6. The molecule has 4 nitrogen and oxygen atoms in total. The highest BCUT2D eigenvalue weighted by Crippen LogP contribution is 2.38. The van der Waals surface area contributed by atoms with Crippen LogP contribution in [0.3, 0.4) is 0 Å². The summed E-state index contributed by atoms with van der Waals surface area (Å²) >= 11 is 1.28. The SMILES string of the molecule is C/C(=C\c1ccccc1)C(=O)Nc1nc2c(s1)C(=O)CC(C)(C)C2. The molecule has 1 aromatic heterocycles. The van der Waals surface area contributed by atoms with Gasteiger partial charge in [-0.25, -0.2) is 4.98 Å². The van der Waals surface area contributed by atoms with Crippen LogP contribution in [0.2, 0.25) is 0 Å². The topological polar surface area (TPSA) is 59.1 Å². The first-order chi connectivity index (χ1) is 11.3. The molecule has 0 saturated carbocycles. The normalized spacial score (nSPS) is 16.6. The Morgan fingerprint density at radius 1 is 1.25 bits per heavy atom. The highest BCUT2D eigenvalue weighted by molar-refractivity contribution is 7.17. The average Bonchev–Trinajstić information content (AvgIpc) is 2.89. The summed E-state index contributed by atoms with van der Waals surface area (Å²) in [6, 6.07) is 9.68. The molecule has 0 radical (unpaired) electrons. The van der Waals surface area contributed by atoms with Gasteiger partial charge in [-0.2, -0.15) is 0 Å². The summed E-state index contributed by atoms with van der Waals surface area (Å²) in [5.41, 5.74) is 2.31. The molecule has 1 N–H and O–H groups in total. The van der Waals surface area contributed by atoms with Crippen LogP contribution in [0.25, 0.3) is 6.08 Å². The van der Waals surface area contributed by atoms with Crippen molar-refractivity contribution >= 4 is 34.2 Å². The van der Waals surface area contributed by atoms with Gasteiger partial charge in [0.05, 0.1) is 10.6 Å². The minimum absolute atomic E-state index is 0.0669. The number of amides is 1. The number of Topliss-reactive ketones (excluding diaryl/α,β-unsaturated/α-hetero) is 1. The second kappa shape index (κ2) is 6.32. The van der Waals surface area contributed by atoms with Gasteiger partial charge in [-0.1, -0.05) is 55.5 Å². The lowest BCUT2D eigenvalue weighted by Gasteiger charge is -2.26. The van der Waals surface area contributed by atoms with Gasteiger partial charge in [0.15, 0.2) is 10.9 Å². The van der Waals surface area contributed by atoms with Gasteiger partial charge in [0.2, 0.25) is 0 Å². The van der Waals surface area contributed by atoms with Gasteiger partial charge in [-0.15, -0.1) is 0 Å². The van der Waals surface area contributed by atoms with Crippen LogP contribution in [-0.2, 0) is 11.2 Å². The number of nitrogens with one attached hydrogen (secondary N) is 1. The number of carbonyl (C=O) groups is 2. The van der Waals surface area contributed by atoms with Crippen LogP contribution < -0.4 is 5.32 Å². The van der Waals surface area contributed by atoms with Crippen molar-refractivity contribution in [3.63, 3.8) is 0 Å². The number of hydrogen-bond donors (Lipinski definition) is 1. The molecule has 1 aromatic carbocycles. The molecule has 0 saturated heterocycles. The van der Waals surface area contributed by atoms with Crippen molar-refractivity contribution in [1.29, 1.82) is 0 Å². The maximum atomic E-state index is 12.3. The van der Waals surface area contributed by atoms with E-state index >= 15 is 0 Å². The summed E-state index contributed by atoms with van der Waals surface area (Å²) in [6.07, 6.45) is 3.12. The molecule has 0 spiro atoms. The second-order valence-electron chi connectivity index (χ2n) is 6.93. The van der Waals surface area contributed by atoms with E-state index in [1.54, 1.807) is 6.92 Å². The fraction of sp³-hybridized carbons (Fsp3) is 0.316. The molecule has 1 aliphatic rings. The van der Waals surface area contributed by atoms with Crippen molar-refractivity contribution in [3.05, 3.63) is 52.0 Å². The van der Waals surface area contributed by atoms with Gasteiger partial charge >= 0.3 is 0 Å². The summed E-state index contributed by atoms with van der Waals surface area (Å²) in [5.74, 6) is -0.0764. The highest BCUT2D eigenvalue weighted by Gasteiger charge is 2.34. The molecule has 5 heteroatoms. The Morgan fingerprint density at radius 3 is 2.67 bits per heavy atom. The molecular weight excluding hydrogens is 320 g/mol. The van der Waals surface area contributed by atoms with E-state index in [-0.39, 0.29) is 17.1 Å². The minimum Gasteiger partial charge on any atom is -0.298 e. The number of nitrogens with zero attached hydrogens (tertiary/aromatic N) is 1. The Hall–Kier alpha value is -2.27. The van der Waals surface area contributed by atoms with Crippen molar-refractivity contribution in [3.8, 4) is 0 Å². The van der Waals surface area contributed by atoms with Gasteiger partial charge in [0, 0.05) is 12.0 Å². The van der Waals surface area contributed by atoms with Crippen molar-refractivity contribution < 1.29 is 9.59 Å². The molecule has 1 heterocycles. The number of hydrogen-bond acceptors (Lipinski definition) is 4. The van der Waals surface area contributed by atoms with E-state index in [4.69, 9.17) is 0 Å². The van der Waals surface area contributed by atoms with Crippen molar-refractivity contribution in [2.75, 3.05) is 5.32 Å². The van der Waals surface area contributed by atoms with Gasteiger partial charge in [0.25, 0.3) is 5.91 Å². The van der Waals surface area contributed by atoms with E-state index in [0.717, 1.165) is 17.7 Å². The summed E-state index contributed by atoms with van der Waals surface area (Å²) < 4.78 is 0. The molecule has 0 atom stereocenters. The number of rotatable bonds is 3. The van der Waals surface area contributed by atoms with E-state index in [2.05, 4.69) is 24.1 Å². The standard InChI is InChI=1S/C19H20N2O2S/c1-12(9-13-7-5-4-6-8-13)17(23)21-18-20-14-10-19(2,3)11-15(22)16(14)24-18/h4-9H,10-11H2,1-3H3,(H,20,21,23)/b12-9+. The lowest BCUT2D eigenvalue weighted by molar-refractivity contribution is -0.112. The van der Waals surface area contributed by atoms with Crippen molar-refractivity contribution in [2.45, 2.75) is 33.6 Å². The van der Waals surface area contributed by atoms with Crippen LogP contribution in [0.15, 0.2) is 35.9 Å². The van der Waals surface area contributed by atoms with Crippen molar-refractivity contribution in [2.24, 2.45) is 5.41 Å². The number of ketones is 1. The molecule has 2 aromatic rings. The zero-order valence-electron chi connectivity index (χ0n) is 14.1. The Balaban J connectivity index is 1.76. The summed E-state index contributed by atoms with van der Waals surface area (Å²) in [5, 5.41) is 3.31. The highest BCUT2D eigenvalue weighted by atomic mass is 32.1. The van der Waals surface area contributed by atoms with Crippen LogP contribution >= 0.6 is 11.3 Å². The predicted octanol–water partition coefficient (Wildman–Crippen LogP) is 4.34. The smallest absolute Gasteiger partial charge is 0.253 e. The maximum absolute atomic E-state index is 12.3. The molecule has 0 aliphatic heterocycles. The molecule has 24 heavy (non-hydrogen) atoms. The predicted molar refractivity (Wildman–Crippen MR) is 97.3 cm³/mol. The van der Waals surface area contributed by atoms with E-state index in [9.17, 15) is 9.59 Å². The van der Waals surface area contributed by atoms with E-state index in [1.807, 2.05) is 36.4 Å². The number of anilines is 1. The van der Waals surface area contributed by atoms with Crippen LogP contribution in [0.4, 0.5) is 5.13 Å². The third-order valence-electron chi connectivity index (χ3n) is 4.00. The van der Waals surface area contributed by atoms with Crippen LogP contribution in [0.5, 0.6) is 0 Å². The molecule has 1 amide bonds. The number of benzene rings is 1. The molecule has 0 unspecified atom stereocenters. The molecule has 0 bridgehead atoms. The van der Waals surface area contributed by atoms with E-state index < -0.39 is 0 Å². The number of carbonyl (C=O) groups excluding carboxylic acids is 2. The Morgan fingerprint density at radius 2 is 1.96 bits per heavy atom. The third-order valence-corrected chi connectivity index (χ3v) is 5.05. The fourth-order valence-corrected chi connectivity index (χ4v) is 3.75. The Bertz CT molecular complexity index is 819. The lowest BCUT2D eigenvalue weighted by Crippen LogP contribution is -2.26. The van der Waals surface area contributed by atoms with E-state index in [0.29, 0.717) is 22.0 Å². The summed E-state index contributed by atoms with van der Waals surface area (Å²) in [7, 11) is 0. The summed E-state index contributed by atoms with van der Waals surface area (Å²) in [6.45, 7) is 5.90. The molecule has 124 valence electrons. The van der Waals surface area contributed by atoms with Gasteiger partial charge < -0.3 is 0 Å². The lowest BCUT2D eigenvalue weighted by atomic mass is 9.78. The van der Waals surface area contributed by atoms with Crippen LogP contribution in [0, 0.1) is 5.41 Å². The quantitative estimate of drug-likeness (QED) is 0.846. The second-order valence-corrected chi connectivity index (χ2v) is 7.93.